The monoisotopic (exact) mass is 349 g/mol. The van der Waals surface area contributed by atoms with Crippen molar-refractivity contribution >= 4 is 29.9 Å². The highest BCUT2D eigenvalue weighted by Crippen LogP contribution is 2.11. The SMILES string of the molecule is Cc1ccc(OCCCCN=C(N)N)cc1.I. The van der Waals surface area contributed by atoms with Gasteiger partial charge in [-0.1, -0.05) is 17.7 Å². The van der Waals surface area contributed by atoms with Gasteiger partial charge in [-0.2, -0.15) is 0 Å². The van der Waals surface area contributed by atoms with E-state index < -0.39 is 0 Å². The van der Waals surface area contributed by atoms with Gasteiger partial charge in [-0.15, -0.1) is 24.0 Å². The number of halogens is 1. The van der Waals surface area contributed by atoms with Crippen LogP contribution in [-0.4, -0.2) is 19.1 Å². The van der Waals surface area contributed by atoms with Gasteiger partial charge in [-0.05, 0) is 31.9 Å². The molecular formula is C12H20IN3O. The number of ether oxygens (including phenoxy) is 1. The van der Waals surface area contributed by atoms with E-state index in [1.807, 2.05) is 24.3 Å². The first kappa shape index (κ1) is 16.0. The lowest BCUT2D eigenvalue weighted by atomic mass is 10.2. The van der Waals surface area contributed by atoms with Crippen molar-refractivity contribution in [2.45, 2.75) is 19.8 Å². The van der Waals surface area contributed by atoms with E-state index in [0.717, 1.165) is 18.6 Å². The van der Waals surface area contributed by atoms with E-state index in [-0.39, 0.29) is 29.9 Å². The number of hydrogen-bond donors (Lipinski definition) is 2. The van der Waals surface area contributed by atoms with Crippen LogP contribution in [0.25, 0.3) is 0 Å². The van der Waals surface area contributed by atoms with Crippen LogP contribution in [0.5, 0.6) is 5.75 Å². The van der Waals surface area contributed by atoms with Gasteiger partial charge in [-0.3, -0.25) is 4.99 Å². The smallest absolute Gasteiger partial charge is 0.185 e. The van der Waals surface area contributed by atoms with Gasteiger partial charge in [0, 0.05) is 6.54 Å². The molecule has 0 aliphatic carbocycles. The molecule has 0 bridgehead atoms. The van der Waals surface area contributed by atoms with Crippen LogP contribution in [0.1, 0.15) is 18.4 Å². The van der Waals surface area contributed by atoms with E-state index >= 15 is 0 Å². The number of nitrogens with zero attached hydrogens (tertiary/aromatic N) is 1. The van der Waals surface area contributed by atoms with E-state index in [1.54, 1.807) is 0 Å². The summed E-state index contributed by atoms with van der Waals surface area (Å²) in [5.41, 5.74) is 11.7. The lowest BCUT2D eigenvalue weighted by Crippen LogP contribution is -2.23. The summed E-state index contributed by atoms with van der Waals surface area (Å²) < 4.78 is 5.56. The minimum Gasteiger partial charge on any atom is -0.494 e. The predicted molar refractivity (Wildman–Crippen MR) is 82.0 cm³/mol. The summed E-state index contributed by atoms with van der Waals surface area (Å²) in [7, 11) is 0. The lowest BCUT2D eigenvalue weighted by molar-refractivity contribution is 0.308. The first-order valence-corrected chi connectivity index (χ1v) is 5.43. The molecule has 0 saturated heterocycles. The van der Waals surface area contributed by atoms with Gasteiger partial charge >= 0.3 is 0 Å². The Morgan fingerprint density at radius 1 is 1.18 bits per heavy atom. The molecule has 0 aromatic heterocycles. The number of aliphatic imine (C=N–C) groups is 1. The molecular weight excluding hydrogens is 329 g/mol. The summed E-state index contributed by atoms with van der Waals surface area (Å²) >= 11 is 0. The molecule has 4 N–H and O–H groups in total. The van der Waals surface area contributed by atoms with E-state index in [0.29, 0.717) is 13.2 Å². The first-order valence-electron chi connectivity index (χ1n) is 5.43. The first-order chi connectivity index (χ1) is 7.68. The van der Waals surface area contributed by atoms with E-state index in [1.165, 1.54) is 5.56 Å². The second-order valence-electron chi connectivity index (χ2n) is 3.68. The van der Waals surface area contributed by atoms with Gasteiger partial charge in [0.2, 0.25) is 0 Å². The molecule has 0 saturated carbocycles. The van der Waals surface area contributed by atoms with Crippen LogP contribution >= 0.6 is 24.0 Å². The summed E-state index contributed by atoms with van der Waals surface area (Å²) in [5.74, 6) is 1.06. The van der Waals surface area contributed by atoms with Gasteiger partial charge in [0.25, 0.3) is 0 Å². The molecule has 96 valence electrons. The van der Waals surface area contributed by atoms with Crippen LogP contribution < -0.4 is 16.2 Å². The molecule has 1 rings (SSSR count). The number of benzene rings is 1. The van der Waals surface area contributed by atoms with Crippen molar-refractivity contribution in [2.24, 2.45) is 16.5 Å². The Kier molecular flexibility index (Phi) is 8.57. The van der Waals surface area contributed by atoms with E-state index in [4.69, 9.17) is 16.2 Å². The van der Waals surface area contributed by atoms with Crippen LogP contribution in [0.3, 0.4) is 0 Å². The van der Waals surface area contributed by atoms with Gasteiger partial charge in [0.1, 0.15) is 5.75 Å². The normalized spacial score (nSPS) is 9.24. The molecule has 17 heavy (non-hydrogen) atoms. The number of hydrogen-bond acceptors (Lipinski definition) is 2. The average Bonchev–Trinajstić information content (AvgIpc) is 2.25. The van der Waals surface area contributed by atoms with Gasteiger partial charge < -0.3 is 16.2 Å². The average molecular weight is 349 g/mol. The number of guanidine groups is 1. The second kappa shape index (κ2) is 9.09. The summed E-state index contributed by atoms with van der Waals surface area (Å²) in [4.78, 5) is 3.90. The van der Waals surface area contributed by atoms with Crippen LogP contribution in [0.4, 0.5) is 0 Å². The van der Waals surface area contributed by atoms with Crippen LogP contribution in [0.2, 0.25) is 0 Å². The molecule has 5 heteroatoms. The molecule has 0 heterocycles. The maximum absolute atomic E-state index is 5.56. The topological polar surface area (TPSA) is 73.6 Å². The highest BCUT2D eigenvalue weighted by molar-refractivity contribution is 14.0. The lowest BCUT2D eigenvalue weighted by Gasteiger charge is -2.05. The van der Waals surface area contributed by atoms with Crippen LogP contribution in [0.15, 0.2) is 29.3 Å². The Morgan fingerprint density at radius 2 is 1.82 bits per heavy atom. The van der Waals surface area contributed by atoms with Crippen molar-refractivity contribution in [3.8, 4) is 5.75 Å². The third-order valence-electron chi connectivity index (χ3n) is 2.14. The third-order valence-corrected chi connectivity index (χ3v) is 2.14. The minimum atomic E-state index is 0. The summed E-state index contributed by atoms with van der Waals surface area (Å²) in [6.45, 7) is 3.42. The maximum atomic E-state index is 5.56. The Balaban J connectivity index is 0.00000256. The van der Waals surface area contributed by atoms with Gasteiger partial charge in [0.15, 0.2) is 5.96 Å². The van der Waals surface area contributed by atoms with Crippen molar-refractivity contribution < 1.29 is 4.74 Å². The molecule has 0 aliphatic heterocycles. The highest BCUT2D eigenvalue weighted by Gasteiger charge is 1.93. The fraction of sp³-hybridized carbons (Fsp3) is 0.417. The van der Waals surface area contributed by atoms with Crippen molar-refractivity contribution in [3.05, 3.63) is 29.8 Å². The van der Waals surface area contributed by atoms with Crippen LogP contribution in [-0.2, 0) is 0 Å². The Labute approximate surface area is 119 Å². The molecule has 0 unspecified atom stereocenters. The maximum Gasteiger partial charge on any atom is 0.185 e. The molecule has 1 aromatic carbocycles. The molecule has 0 spiro atoms. The zero-order chi connectivity index (χ0) is 11.8. The van der Waals surface area contributed by atoms with E-state index in [9.17, 15) is 0 Å². The molecule has 0 radical (unpaired) electrons. The van der Waals surface area contributed by atoms with Gasteiger partial charge in [-0.25, -0.2) is 0 Å². The molecule has 0 atom stereocenters. The summed E-state index contributed by atoms with van der Waals surface area (Å²) in [6, 6.07) is 8.03. The number of aryl methyl sites for hydroxylation is 1. The fourth-order valence-corrected chi connectivity index (χ4v) is 1.25. The van der Waals surface area contributed by atoms with Crippen LogP contribution in [0, 0.1) is 6.92 Å². The van der Waals surface area contributed by atoms with Crippen molar-refractivity contribution in [2.75, 3.05) is 13.2 Å². The zero-order valence-corrected chi connectivity index (χ0v) is 12.4. The Hall–Kier alpha value is -0.980. The van der Waals surface area contributed by atoms with E-state index in [2.05, 4.69) is 11.9 Å². The number of unbranched alkanes of at least 4 members (excludes halogenated alkanes) is 1. The second-order valence-corrected chi connectivity index (χ2v) is 3.68. The minimum absolute atomic E-state index is 0. The zero-order valence-electron chi connectivity index (χ0n) is 10.1. The molecule has 0 aliphatic rings. The molecule has 1 aromatic rings. The Bertz CT molecular complexity index is 334. The van der Waals surface area contributed by atoms with Crippen molar-refractivity contribution in [1.29, 1.82) is 0 Å². The molecule has 4 nitrogen and oxygen atoms in total. The standard InChI is InChI=1S/C12H19N3O.HI/c1-10-4-6-11(7-5-10)16-9-3-2-8-15-12(13)14;/h4-7H,2-3,8-9H2,1H3,(H4,13,14,15);1H. The summed E-state index contributed by atoms with van der Waals surface area (Å²) in [5, 5.41) is 0. The van der Waals surface area contributed by atoms with Crippen molar-refractivity contribution in [1.82, 2.24) is 0 Å². The Morgan fingerprint density at radius 3 is 2.41 bits per heavy atom. The molecule has 0 fully saturated rings. The fourth-order valence-electron chi connectivity index (χ4n) is 1.25. The quantitative estimate of drug-likeness (QED) is 0.357. The van der Waals surface area contributed by atoms with Gasteiger partial charge in [0.05, 0.1) is 6.61 Å². The number of nitrogens with two attached hydrogens (primary N) is 2. The third kappa shape index (κ3) is 7.84. The number of rotatable bonds is 6. The van der Waals surface area contributed by atoms with Crippen molar-refractivity contribution in [3.63, 3.8) is 0 Å². The largest absolute Gasteiger partial charge is 0.494 e. The molecule has 0 amide bonds. The predicted octanol–water partition coefficient (Wildman–Crippen LogP) is 2.05. The highest BCUT2D eigenvalue weighted by atomic mass is 127. The summed E-state index contributed by atoms with van der Waals surface area (Å²) in [6.07, 6.45) is 1.88.